The summed E-state index contributed by atoms with van der Waals surface area (Å²) in [6, 6.07) is 6.08. The molecule has 0 aliphatic heterocycles. The molecule has 1 heterocycles. The number of carboxylic acid groups (broad SMARTS) is 1. The number of phenols is 1. The van der Waals surface area contributed by atoms with Crippen molar-refractivity contribution in [2.45, 2.75) is 20.4 Å². The number of aromatic carboxylic acids is 1. The van der Waals surface area contributed by atoms with Gasteiger partial charge in [0, 0.05) is 0 Å². The molecule has 1 aromatic carbocycles. The Kier molecular flexibility index (Phi) is 3.98. The lowest BCUT2D eigenvalue weighted by Crippen LogP contribution is -2.22. The number of hydrogen-bond acceptors (Lipinski definition) is 4. The number of carbonyl (C=O) groups is 2. The lowest BCUT2D eigenvalue weighted by atomic mass is 10.1. The zero-order valence-corrected chi connectivity index (χ0v) is 11.6. The standard InChI is InChI=1S/C15H15NO5/c1-8-3-4-13(17)12(5-8)14(18)16-7-10-6-11(15(19)20)9(2)21-10/h3-6,17H,7H2,1-2H3,(H,16,18)(H,19,20). The van der Waals surface area contributed by atoms with Gasteiger partial charge >= 0.3 is 5.97 Å². The van der Waals surface area contributed by atoms with Gasteiger partial charge < -0.3 is 19.9 Å². The van der Waals surface area contributed by atoms with Gasteiger partial charge in [0.05, 0.1) is 12.1 Å². The number of aromatic hydroxyl groups is 1. The molecule has 3 N–H and O–H groups in total. The van der Waals surface area contributed by atoms with Crippen molar-refractivity contribution in [3.8, 4) is 5.75 Å². The highest BCUT2D eigenvalue weighted by Crippen LogP contribution is 2.19. The smallest absolute Gasteiger partial charge is 0.339 e. The number of benzene rings is 1. The van der Waals surface area contributed by atoms with E-state index in [-0.39, 0.29) is 29.2 Å². The number of aryl methyl sites for hydroxylation is 2. The summed E-state index contributed by atoms with van der Waals surface area (Å²) in [5.41, 5.74) is 1.08. The Labute approximate surface area is 121 Å². The van der Waals surface area contributed by atoms with Crippen molar-refractivity contribution in [2.75, 3.05) is 0 Å². The van der Waals surface area contributed by atoms with Gasteiger partial charge in [0.25, 0.3) is 5.91 Å². The molecule has 0 bridgehead atoms. The molecule has 0 radical (unpaired) electrons. The summed E-state index contributed by atoms with van der Waals surface area (Å²) in [6.07, 6.45) is 0. The van der Waals surface area contributed by atoms with Crippen LogP contribution in [0.25, 0.3) is 0 Å². The molecule has 1 amide bonds. The number of amides is 1. The van der Waals surface area contributed by atoms with Crippen molar-refractivity contribution in [1.82, 2.24) is 5.32 Å². The van der Waals surface area contributed by atoms with Gasteiger partial charge in [-0.25, -0.2) is 4.79 Å². The predicted molar refractivity (Wildman–Crippen MR) is 74.4 cm³/mol. The lowest BCUT2D eigenvalue weighted by Gasteiger charge is -2.06. The molecule has 0 saturated heterocycles. The summed E-state index contributed by atoms with van der Waals surface area (Å²) in [6.45, 7) is 3.40. The molecule has 0 unspecified atom stereocenters. The highest BCUT2D eigenvalue weighted by molar-refractivity contribution is 5.97. The van der Waals surface area contributed by atoms with E-state index in [9.17, 15) is 14.7 Å². The molecule has 2 rings (SSSR count). The number of furan rings is 1. The number of rotatable bonds is 4. The summed E-state index contributed by atoms with van der Waals surface area (Å²) >= 11 is 0. The third kappa shape index (κ3) is 3.22. The van der Waals surface area contributed by atoms with Crippen LogP contribution in [-0.2, 0) is 6.54 Å². The summed E-state index contributed by atoms with van der Waals surface area (Å²) < 4.78 is 5.26. The fourth-order valence-electron chi connectivity index (χ4n) is 1.94. The molecule has 0 fully saturated rings. The maximum atomic E-state index is 12.0. The van der Waals surface area contributed by atoms with Crippen molar-refractivity contribution < 1.29 is 24.2 Å². The van der Waals surface area contributed by atoms with Gasteiger partial charge in [-0.2, -0.15) is 0 Å². The second kappa shape index (κ2) is 5.70. The molecule has 0 aliphatic carbocycles. The fraction of sp³-hybridized carbons (Fsp3) is 0.200. The first-order valence-electron chi connectivity index (χ1n) is 6.29. The Morgan fingerprint density at radius 3 is 2.52 bits per heavy atom. The summed E-state index contributed by atoms with van der Waals surface area (Å²) in [4.78, 5) is 22.9. The summed E-state index contributed by atoms with van der Waals surface area (Å²) in [7, 11) is 0. The number of carboxylic acids is 1. The topological polar surface area (TPSA) is 99.8 Å². The highest BCUT2D eigenvalue weighted by atomic mass is 16.4. The van der Waals surface area contributed by atoms with E-state index in [4.69, 9.17) is 9.52 Å². The van der Waals surface area contributed by atoms with Crippen molar-refractivity contribution in [3.05, 3.63) is 52.5 Å². The van der Waals surface area contributed by atoms with Crippen LogP contribution < -0.4 is 5.32 Å². The van der Waals surface area contributed by atoms with E-state index in [2.05, 4.69) is 5.32 Å². The van der Waals surface area contributed by atoms with Crippen molar-refractivity contribution >= 4 is 11.9 Å². The van der Waals surface area contributed by atoms with Crippen LogP contribution in [0.2, 0.25) is 0 Å². The SMILES string of the molecule is Cc1ccc(O)c(C(=O)NCc2cc(C(=O)O)c(C)o2)c1. The number of hydrogen-bond donors (Lipinski definition) is 3. The molecule has 0 atom stereocenters. The minimum Gasteiger partial charge on any atom is -0.507 e. The Balaban J connectivity index is 2.09. The second-order valence-electron chi connectivity index (χ2n) is 4.69. The highest BCUT2D eigenvalue weighted by Gasteiger charge is 2.15. The van der Waals surface area contributed by atoms with Crippen LogP contribution in [-0.4, -0.2) is 22.1 Å². The minimum atomic E-state index is -1.08. The normalized spacial score (nSPS) is 10.4. The van der Waals surface area contributed by atoms with Crippen molar-refractivity contribution in [2.24, 2.45) is 0 Å². The number of carbonyl (C=O) groups excluding carboxylic acids is 1. The Bertz CT molecular complexity index is 702. The van der Waals surface area contributed by atoms with E-state index >= 15 is 0 Å². The Hall–Kier alpha value is -2.76. The molecular formula is C15H15NO5. The van der Waals surface area contributed by atoms with Gasteiger partial charge in [-0.3, -0.25) is 4.79 Å². The molecule has 0 spiro atoms. The summed E-state index contributed by atoms with van der Waals surface area (Å²) in [5, 5.41) is 21.2. The predicted octanol–water partition coefficient (Wildman–Crippen LogP) is 2.23. The van der Waals surface area contributed by atoms with Crippen molar-refractivity contribution in [3.63, 3.8) is 0 Å². The zero-order chi connectivity index (χ0) is 15.6. The quantitative estimate of drug-likeness (QED) is 0.801. The Morgan fingerprint density at radius 2 is 1.90 bits per heavy atom. The first kappa shape index (κ1) is 14.6. The zero-order valence-electron chi connectivity index (χ0n) is 11.6. The first-order valence-corrected chi connectivity index (χ1v) is 6.29. The number of nitrogens with one attached hydrogen (secondary N) is 1. The first-order chi connectivity index (χ1) is 9.88. The minimum absolute atomic E-state index is 0.0420. The second-order valence-corrected chi connectivity index (χ2v) is 4.69. The molecule has 6 nitrogen and oxygen atoms in total. The van der Waals surface area contributed by atoms with E-state index in [0.29, 0.717) is 5.76 Å². The van der Waals surface area contributed by atoms with Gasteiger partial charge in [0.2, 0.25) is 0 Å². The van der Waals surface area contributed by atoms with Gasteiger partial charge in [-0.1, -0.05) is 11.6 Å². The van der Waals surface area contributed by atoms with Gasteiger partial charge in [0.1, 0.15) is 22.8 Å². The van der Waals surface area contributed by atoms with Crippen LogP contribution in [0.1, 0.15) is 37.8 Å². The fourth-order valence-corrected chi connectivity index (χ4v) is 1.94. The van der Waals surface area contributed by atoms with E-state index in [1.54, 1.807) is 19.1 Å². The Morgan fingerprint density at radius 1 is 1.19 bits per heavy atom. The van der Waals surface area contributed by atoms with E-state index in [0.717, 1.165) is 5.56 Å². The monoisotopic (exact) mass is 289 g/mol. The molecule has 6 heteroatoms. The van der Waals surface area contributed by atoms with Gasteiger partial charge in [-0.15, -0.1) is 0 Å². The summed E-state index contributed by atoms with van der Waals surface area (Å²) in [5.74, 6) is -1.03. The average Bonchev–Trinajstić information content (AvgIpc) is 2.80. The van der Waals surface area contributed by atoms with Crippen molar-refractivity contribution in [1.29, 1.82) is 0 Å². The average molecular weight is 289 g/mol. The molecule has 21 heavy (non-hydrogen) atoms. The van der Waals surface area contributed by atoms with Crippen LogP contribution >= 0.6 is 0 Å². The van der Waals surface area contributed by atoms with Crippen LogP contribution in [0.15, 0.2) is 28.7 Å². The molecule has 0 aliphatic rings. The number of phenolic OH excluding ortho intramolecular Hbond substituents is 1. The third-order valence-electron chi connectivity index (χ3n) is 3.02. The van der Waals surface area contributed by atoms with Crippen LogP contribution in [0.4, 0.5) is 0 Å². The molecular weight excluding hydrogens is 274 g/mol. The van der Waals surface area contributed by atoms with Crippen LogP contribution in [0.5, 0.6) is 5.75 Å². The molecule has 2 aromatic rings. The van der Waals surface area contributed by atoms with Crippen LogP contribution in [0.3, 0.4) is 0 Å². The third-order valence-corrected chi connectivity index (χ3v) is 3.02. The molecule has 0 saturated carbocycles. The van der Waals surface area contributed by atoms with Gasteiger partial charge in [-0.05, 0) is 32.0 Å². The van der Waals surface area contributed by atoms with E-state index in [1.165, 1.54) is 12.1 Å². The molecule has 1 aromatic heterocycles. The van der Waals surface area contributed by atoms with Gasteiger partial charge in [0.15, 0.2) is 0 Å². The van der Waals surface area contributed by atoms with E-state index in [1.807, 2.05) is 6.92 Å². The van der Waals surface area contributed by atoms with Crippen LogP contribution in [0, 0.1) is 13.8 Å². The lowest BCUT2D eigenvalue weighted by molar-refractivity contribution is 0.0694. The molecule has 110 valence electrons. The maximum absolute atomic E-state index is 12.0. The van der Waals surface area contributed by atoms with E-state index < -0.39 is 11.9 Å². The largest absolute Gasteiger partial charge is 0.507 e. The maximum Gasteiger partial charge on any atom is 0.339 e.